The third kappa shape index (κ3) is 2.74. The van der Waals surface area contributed by atoms with Gasteiger partial charge >= 0.3 is 0 Å². The van der Waals surface area contributed by atoms with Gasteiger partial charge in [-0.2, -0.15) is 4.99 Å². The molecule has 1 aliphatic rings. The Morgan fingerprint density at radius 2 is 1.94 bits per heavy atom. The van der Waals surface area contributed by atoms with Gasteiger partial charge in [0.1, 0.15) is 6.54 Å². The van der Waals surface area contributed by atoms with Gasteiger partial charge in [-0.15, -0.1) is 0 Å². The molecule has 0 spiro atoms. The van der Waals surface area contributed by atoms with Crippen LogP contribution in [0.15, 0.2) is 46.9 Å². The monoisotopic (exact) mass is 245 g/mol. The highest BCUT2D eigenvalue weighted by Gasteiger charge is 2.19. The molecule has 0 saturated heterocycles. The van der Waals surface area contributed by atoms with E-state index in [9.17, 15) is 0 Å². The predicted molar refractivity (Wildman–Crippen MR) is 70.7 cm³/mol. The maximum Gasteiger partial charge on any atom is 0.238 e. The Labute approximate surface area is 107 Å². The number of nitrogens with zero attached hydrogens (tertiary/aromatic N) is 2. The second-order valence-electron chi connectivity index (χ2n) is 3.91. The average molecular weight is 245 g/mol. The van der Waals surface area contributed by atoms with E-state index >= 15 is 0 Å². The van der Waals surface area contributed by atoms with E-state index in [-0.39, 0.29) is 0 Å². The van der Waals surface area contributed by atoms with E-state index in [0.29, 0.717) is 30.7 Å². The fourth-order valence-corrected chi connectivity index (χ4v) is 1.68. The summed E-state index contributed by atoms with van der Waals surface area (Å²) in [6.45, 7) is 4.78. The van der Waals surface area contributed by atoms with Gasteiger partial charge in [0, 0.05) is 6.54 Å². The second-order valence-corrected chi connectivity index (χ2v) is 3.91. The Morgan fingerprint density at radius 3 is 2.61 bits per heavy atom. The fraction of sp³-hybridized carbons (Fsp3) is 0.231. The molecule has 0 atom stereocenters. The van der Waals surface area contributed by atoms with Crippen LogP contribution in [0.5, 0.6) is 0 Å². The summed E-state index contributed by atoms with van der Waals surface area (Å²) in [6.07, 6.45) is 0. The molecule has 1 aromatic rings. The minimum atomic E-state index is 0.386. The summed E-state index contributed by atoms with van der Waals surface area (Å²) in [6, 6.07) is 10.00. The number of nitrogens with two attached hydrogens (primary N) is 2. The summed E-state index contributed by atoms with van der Waals surface area (Å²) < 4.78 is 5.29. The van der Waals surface area contributed by atoms with Crippen LogP contribution in [0, 0.1) is 6.54 Å². The van der Waals surface area contributed by atoms with E-state index in [1.165, 1.54) is 0 Å². The van der Waals surface area contributed by atoms with Gasteiger partial charge in [0.15, 0.2) is 5.96 Å². The van der Waals surface area contributed by atoms with E-state index in [1.807, 2.05) is 37.3 Å². The third-order valence-corrected chi connectivity index (χ3v) is 2.53. The number of ether oxygens (including phenoxy) is 1. The topological polar surface area (TPSA) is 76.9 Å². The summed E-state index contributed by atoms with van der Waals surface area (Å²) >= 11 is 0. The van der Waals surface area contributed by atoms with Gasteiger partial charge in [0.25, 0.3) is 0 Å². The summed E-state index contributed by atoms with van der Waals surface area (Å²) in [7, 11) is 0. The van der Waals surface area contributed by atoms with Crippen LogP contribution in [0.2, 0.25) is 0 Å². The van der Waals surface area contributed by atoms with Crippen molar-refractivity contribution in [1.82, 2.24) is 4.90 Å². The van der Waals surface area contributed by atoms with Crippen LogP contribution >= 0.6 is 0 Å². The highest BCUT2D eigenvalue weighted by molar-refractivity contribution is 5.81. The summed E-state index contributed by atoms with van der Waals surface area (Å²) in [5.74, 6) is 0.774. The highest BCUT2D eigenvalue weighted by atomic mass is 16.5. The van der Waals surface area contributed by atoms with E-state index in [0.717, 1.165) is 5.56 Å². The van der Waals surface area contributed by atoms with Crippen LogP contribution in [-0.2, 0) is 11.3 Å². The highest BCUT2D eigenvalue weighted by Crippen LogP contribution is 2.17. The van der Waals surface area contributed by atoms with Crippen molar-refractivity contribution in [2.45, 2.75) is 13.5 Å². The zero-order valence-electron chi connectivity index (χ0n) is 10.3. The van der Waals surface area contributed by atoms with Gasteiger partial charge in [0.05, 0.1) is 12.3 Å². The maximum atomic E-state index is 5.88. The normalized spacial score (nSPS) is 15.6. The lowest BCUT2D eigenvalue weighted by Gasteiger charge is -2.27. The van der Waals surface area contributed by atoms with Crippen LogP contribution in [0.4, 0.5) is 0 Å². The molecule has 0 aromatic heterocycles. The van der Waals surface area contributed by atoms with Crippen molar-refractivity contribution in [1.29, 1.82) is 0 Å². The molecule has 0 saturated carbocycles. The van der Waals surface area contributed by atoms with Gasteiger partial charge in [-0.3, -0.25) is 0 Å². The van der Waals surface area contributed by atoms with Crippen molar-refractivity contribution in [3.8, 4) is 0 Å². The molecule has 5 nitrogen and oxygen atoms in total. The molecule has 1 heterocycles. The molecule has 0 fully saturated rings. The van der Waals surface area contributed by atoms with Gasteiger partial charge in [-0.1, -0.05) is 30.3 Å². The van der Waals surface area contributed by atoms with E-state index in [4.69, 9.17) is 16.2 Å². The lowest BCUT2D eigenvalue weighted by atomic mass is 10.2. The number of aliphatic imine (C=N–C) groups is 1. The van der Waals surface area contributed by atoms with Crippen molar-refractivity contribution < 1.29 is 4.74 Å². The molecule has 5 heteroatoms. The van der Waals surface area contributed by atoms with Gasteiger partial charge in [-0.25, -0.2) is 0 Å². The first-order valence-corrected chi connectivity index (χ1v) is 5.83. The summed E-state index contributed by atoms with van der Waals surface area (Å²) in [5.41, 5.74) is 13.4. The molecule has 0 amide bonds. The Kier molecular flexibility index (Phi) is 3.72. The first-order chi connectivity index (χ1) is 8.70. The first-order valence-electron chi connectivity index (χ1n) is 5.83. The molecule has 18 heavy (non-hydrogen) atoms. The van der Waals surface area contributed by atoms with Crippen LogP contribution in [0.3, 0.4) is 0 Å². The Bertz CT molecular complexity index is 467. The minimum absolute atomic E-state index is 0.386. The number of hydrogen-bond acceptors (Lipinski definition) is 5. The average Bonchev–Trinajstić information content (AvgIpc) is 2.37. The second kappa shape index (κ2) is 5.44. The van der Waals surface area contributed by atoms with Crippen molar-refractivity contribution in [2.75, 3.05) is 6.61 Å². The van der Waals surface area contributed by atoms with Crippen molar-refractivity contribution >= 4 is 5.96 Å². The van der Waals surface area contributed by atoms with Gasteiger partial charge in [0.2, 0.25) is 5.88 Å². The van der Waals surface area contributed by atoms with Crippen molar-refractivity contribution in [2.24, 2.45) is 16.5 Å². The van der Waals surface area contributed by atoms with Crippen LogP contribution in [0.25, 0.3) is 0 Å². The number of benzene rings is 1. The molecule has 4 N–H and O–H groups in total. The van der Waals surface area contributed by atoms with E-state index in [2.05, 4.69) is 4.99 Å². The SMILES string of the molecule is CCOC1=C(N)[CH]N(Cc2ccccc2)C(N)=N1. The third-order valence-electron chi connectivity index (χ3n) is 2.53. The number of hydrogen-bond donors (Lipinski definition) is 2. The molecule has 0 aliphatic carbocycles. The molecule has 0 bridgehead atoms. The van der Waals surface area contributed by atoms with Gasteiger partial charge < -0.3 is 21.1 Å². The Morgan fingerprint density at radius 1 is 1.22 bits per heavy atom. The first kappa shape index (κ1) is 12.3. The molecule has 1 aliphatic heterocycles. The quantitative estimate of drug-likeness (QED) is 0.834. The molecular formula is C13H17N4O. The smallest absolute Gasteiger partial charge is 0.238 e. The largest absolute Gasteiger partial charge is 0.477 e. The lowest BCUT2D eigenvalue weighted by Crippen LogP contribution is -2.39. The van der Waals surface area contributed by atoms with Crippen LogP contribution < -0.4 is 11.5 Å². The van der Waals surface area contributed by atoms with E-state index in [1.54, 1.807) is 11.4 Å². The van der Waals surface area contributed by atoms with Gasteiger partial charge in [-0.05, 0) is 12.5 Å². The zero-order chi connectivity index (χ0) is 13.0. The number of guanidine groups is 1. The standard InChI is InChI=1S/C13H17N4O/c1-2-18-12-11(14)9-17(13(15)16-12)8-10-6-4-3-5-7-10/h3-7,9H,2,8,14H2,1H3,(H2,15,16). The van der Waals surface area contributed by atoms with E-state index < -0.39 is 0 Å². The van der Waals surface area contributed by atoms with Crippen LogP contribution in [-0.4, -0.2) is 17.5 Å². The summed E-state index contributed by atoms with van der Waals surface area (Å²) in [4.78, 5) is 5.95. The van der Waals surface area contributed by atoms with Crippen LogP contribution in [0.1, 0.15) is 12.5 Å². The summed E-state index contributed by atoms with van der Waals surface area (Å²) in [5, 5.41) is 0. The zero-order valence-corrected chi connectivity index (χ0v) is 10.3. The molecule has 1 radical (unpaired) electrons. The molecule has 1 aromatic carbocycles. The predicted octanol–water partition coefficient (Wildman–Crippen LogP) is 1.14. The minimum Gasteiger partial charge on any atom is -0.477 e. The van der Waals surface area contributed by atoms with Crippen molar-refractivity contribution in [3.63, 3.8) is 0 Å². The lowest BCUT2D eigenvalue weighted by molar-refractivity contribution is 0.218. The molecule has 0 unspecified atom stereocenters. The Hall–Kier alpha value is -2.17. The molecule has 2 rings (SSSR count). The molecular weight excluding hydrogens is 228 g/mol. The molecule has 95 valence electrons. The number of rotatable bonds is 4. The fourth-order valence-electron chi connectivity index (χ4n) is 1.68. The maximum absolute atomic E-state index is 5.88. The Balaban J connectivity index is 2.08. The van der Waals surface area contributed by atoms with Crippen molar-refractivity contribution in [3.05, 3.63) is 54.0 Å².